The Bertz CT molecular complexity index is 562. The Labute approximate surface area is 191 Å². The van der Waals surface area contributed by atoms with Gasteiger partial charge in [0.15, 0.2) is 0 Å². The van der Waals surface area contributed by atoms with Gasteiger partial charge < -0.3 is 4.90 Å². The first kappa shape index (κ1) is 22.6. The topological polar surface area (TPSA) is 23.6 Å². The predicted octanol–water partition coefficient (Wildman–Crippen LogP) is 7.19. The van der Waals surface area contributed by atoms with Crippen molar-refractivity contribution in [3.8, 4) is 0 Å². The summed E-state index contributed by atoms with van der Waals surface area (Å²) >= 11 is 0. The third-order valence-corrected chi connectivity index (χ3v) is 7.35. The highest BCUT2D eigenvalue weighted by molar-refractivity contribution is 5.75. The quantitative estimate of drug-likeness (QED) is 0.311. The van der Waals surface area contributed by atoms with Crippen molar-refractivity contribution in [3.05, 3.63) is 0 Å². The molecule has 0 bridgehead atoms. The van der Waals surface area contributed by atoms with E-state index in [1.165, 1.54) is 64.2 Å². The van der Waals surface area contributed by atoms with Crippen molar-refractivity contribution in [1.29, 1.82) is 0 Å². The number of nitrogens with zero attached hydrogens (tertiary/aromatic N) is 2. The Morgan fingerprint density at radius 3 is 1.90 bits per heavy atom. The average Bonchev–Trinajstić information content (AvgIpc) is 2.94. The third kappa shape index (κ3) is 7.53. The molecule has 30 heavy (non-hydrogen) atoms. The molecular formula is C27H52N2O. The average molecular weight is 423 g/mol. The molecule has 1 amide bonds. The first-order chi connectivity index (χ1) is 15.0. The zero-order chi connectivity index (χ0) is 23.9. The molecule has 2 aliphatic heterocycles. The largest absolute Gasteiger partial charge is 0.333 e. The van der Waals surface area contributed by atoms with Crippen molar-refractivity contribution in [2.24, 2.45) is 5.92 Å². The predicted molar refractivity (Wildman–Crippen MR) is 130 cm³/mol. The number of carbonyl (C=O) groups excluding carboxylic acids is 1. The maximum atomic E-state index is 12.3. The van der Waals surface area contributed by atoms with E-state index in [0.717, 1.165) is 25.7 Å². The second kappa shape index (κ2) is 11.9. The Balaban J connectivity index is 1.78. The maximum Gasteiger partial charge on any atom is 0.220 e. The maximum absolute atomic E-state index is 12.3. The molecule has 3 unspecified atom stereocenters. The van der Waals surface area contributed by atoms with Gasteiger partial charge in [-0.25, -0.2) is 0 Å². The van der Waals surface area contributed by atoms with Crippen molar-refractivity contribution >= 4 is 5.91 Å². The van der Waals surface area contributed by atoms with Crippen molar-refractivity contribution in [1.82, 2.24) is 9.80 Å². The molecule has 0 aromatic rings. The van der Waals surface area contributed by atoms with E-state index in [1.807, 2.05) is 4.90 Å². The first-order valence-corrected chi connectivity index (χ1v) is 12.9. The second-order valence-corrected chi connectivity index (χ2v) is 11.3. The van der Waals surface area contributed by atoms with E-state index in [0.29, 0.717) is 5.92 Å². The van der Waals surface area contributed by atoms with Crippen LogP contribution in [-0.4, -0.2) is 45.9 Å². The summed E-state index contributed by atoms with van der Waals surface area (Å²) in [6, 6.07) is 0.207. The molecule has 0 radical (unpaired) electrons. The van der Waals surface area contributed by atoms with Crippen LogP contribution in [0, 0.1) is 5.92 Å². The lowest BCUT2D eigenvalue weighted by atomic mass is 9.76. The molecule has 2 heterocycles. The van der Waals surface area contributed by atoms with Crippen LogP contribution >= 0.6 is 0 Å². The van der Waals surface area contributed by atoms with Gasteiger partial charge in [0.25, 0.3) is 0 Å². The molecule has 2 rings (SSSR count). The van der Waals surface area contributed by atoms with Crippen molar-refractivity contribution in [2.75, 3.05) is 13.0 Å². The van der Waals surface area contributed by atoms with Crippen molar-refractivity contribution in [2.45, 2.75) is 149 Å². The monoisotopic (exact) mass is 422 g/mol. The summed E-state index contributed by atoms with van der Waals surface area (Å²) in [7, 11) is 0. The summed E-state index contributed by atoms with van der Waals surface area (Å²) in [5.74, 6) is 0.451. The minimum atomic E-state index is -0.272. The Morgan fingerprint density at radius 1 is 0.900 bits per heavy atom. The number of likely N-dealkylation sites (tertiary alicyclic amines) is 2. The summed E-state index contributed by atoms with van der Waals surface area (Å²) in [6.07, 6.45) is 17.1. The number of unbranched alkanes of at least 4 members (excludes halogenated alkanes) is 9. The molecule has 0 spiro atoms. The van der Waals surface area contributed by atoms with Gasteiger partial charge in [-0.1, -0.05) is 71.1 Å². The lowest BCUT2D eigenvalue weighted by molar-refractivity contribution is -0.149. The number of piperidine rings is 1. The molecule has 176 valence electrons. The van der Waals surface area contributed by atoms with Crippen LogP contribution in [0.2, 0.25) is 0 Å². The summed E-state index contributed by atoms with van der Waals surface area (Å²) in [5.41, 5.74) is -0.487. The van der Waals surface area contributed by atoms with Gasteiger partial charge in [-0.3, -0.25) is 9.69 Å². The summed E-state index contributed by atoms with van der Waals surface area (Å²) < 4.78 is 17.7. The summed E-state index contributed by atoms with van der Waals surface area (Å²) in [4.78, 5) is 16.6. The highest BCUT2D eigenvalue weighted by Gasteiger charge is 2.48. The lowest BCUT2D eigenvalue weighted by Crippen LogP contribution is -2.65. The molecule has 0 aromatic heterocycles. The standard InChI is InChI=1S/C27H52N2O/c1-7-8-9-10-11-12-13-14-15-16-17-24-18-19-28(22-24)25-20-26(3,4)29(23(2)30)27(5,6)21-25/h24-25H,7-22H2,1-6H3/i19D,22D. The Morgan fingerprint density at radius 2 is 1.40 bits per heavy atom. The smallest absolute Gasteiger partial charge is 0.220 e. The number of amides is 1. The zero-order valence-electron chi connectivity index (χ0n) is 23.0. The van der Waals surface area contributed by atoms with Gasteiger partial charge in [-0.05, 0) is 65.8 Å². The normalized spacial score (nSPS) is 30.3. The van der Waals surface area contributed by atoms with Crippen LogP contribution in [0.25, 0.3) is 0 Å². The van der Waals surface area contributed by atoms with Crippen LogP contribution in [-0.2, 0) is 4.79 Å². The van der Waals surface area contributed by atoms with Crippen LogP contribution in [0.4, 0.5) is 0 Å². The van der Waals surface area contributed by atoms with E-state index in [-0.39, 0.29) is 36.1 Å². The van der Waals surface area contributed by atoms with Gasteiger partial charge in [-0.15, -0.1) is 0 Å². The zero-order valence-corrected chi connectivity index (χ0v) is 21.0. The third-order valence-electron chi connectivity index (χ3n) is 7.35. The molecular weight excluding hydrogens is 368 g/mol. The summed E-state index contributed by atoms with van der Waals surface area (Å²) in [6.45, 7) is 12.0. The van der Waals surface area contributed by atoms with E-state index in [2.05, 4.69) is 39.5 Å². The lowest BCUT2D eigenvalue weighted by Gasteiger charge is -2.56. The number of hydrogen-bond donors (Lipinski definition) is 0. The fourth-order valence-corrected chi connectivity index (χ4v) is 6.27. The van der Waals surface area contributed by atoms with Gasteiger partial charge >= 0.3 is 0 Å². The molecule has 2 fully saturated rings. The molecule has 2 saturated heterocycles. The Hall–Kier alpha value is -0.570. The molecule has 0 aliphatic carbocycles. The van der Waals surface area contributed by atoms with Gasteiger partial charge in [0.1, 0.15) is 0 Å². The van der Waals surface area contributed by atoms with Crippen LogP contribution in [0.3, 0.4) is 0 Å². The van der Waals surface area contributed by atoms with Crippen LogP contribution < -0.4 is 0 Å². The van der Waals surface area contributed by atoms with Gasteiger partial charge in [0.2, 0.25) is 5.91 Å². The fraction of sp³-hybridized carbons (Fsp3) is 0.963. The molecule has 3 heteroatoms. The molecule has 0 saturated carbocycles. The minimum Gasteiger partial charge on any atom is -0.333 e. The van der Waals surface area contributed by atoms with E-state index >= 15 is 0 Å². The second-order valence-electron chi connectivity index (χ2n) is 11.3. The fourth-order valence-electron chi connectivity index (χ4n) is 6.27. The minimum absolute atomic E-state index is 0.128. The summed E-state index contributed by atoms with van der Waals surface area (Å²) in [5, 5.41) is 0. The first-order valence-electron chi connectivity index (χ1n) is 14.1. The van der Waals surface area contributed by atoms with Gasteiger partial charge in [0, 0.05) is 33.3 Å². The van der Waals surface area contributed by atoms with Crippen molar-refractivity contribution < 1.29 is 7.54 Å². The molecule has 0 N–H and O–H groups in total. The van der Waals surface area contributed by atoms with E-state index in [4.69, 9.17) is 2.74 Å². The van der Waals surface area contributed by atoms with Gasteiger partial charge in [-0.2, -0.15) is 0 Å². The number of hydrogen-bond acceptors (Lipinski definition) is 2. The van der Waals surface area contributed by atoms with Crippen LogP contribution in [0.1, 0.15) is 134 Å². The van der Waals surface area contributed by atoms with Crippen LogP contribution in [0.5, 0.6) is 0 Å². The number of rotatable bonds is 12. The molecule has 2 aliphatic rings. The number of carbonyl (C=O) groups is 1. The Kier molecular flexibility index (Phi) is 8.96. The molecule has 3 nitrogen and oxygen atoms in total. The molecule has 3 atom stereocenters. The highest BCUT2D eigenvalue weighted by Crippen LogP contribution is 2.41. The van der Waals surface area contributed by atoms with Crippen molar-refractivity contribution in [3.63, 3.8) is 0 Å². The highest BCUT2D eigenvalue weighted by atomic mass is 16.2. The van der Waals surface area contributed by atoms with Crippen LogP contribution in [0.15, 0.2) is 0 Å². The van der Waals surface area contributed by atoms with E-state index in [9.17, 15) is 4.79 Å². The van der Waals surface area contributed by atoms with Gasteiger partial charge in [0.05, 0.1) is 0 Å². The van der Waals surface area contributed by atoms with E-state index in [1.54, 1.807) is 6.92 Å². The van der Waals surface area contributed by atoms with E-state index < -0.39 is 0 Å². The SMILES string of the molecule is [2H]C1CC(CCCCCCCCCCCC)C([2H])N1C1CC(C)(C)N(C(C)=O)C(C)(C)C1. The molecule has 0 aromatic carbocycles.